The predicted octanol–water partition coefficient (Wildman–Crippen LogP) is 13.6. The Hall–Kier alpha value is -9.15. The molecule has 15 rings (SSSR count). The Bertz CT molecular complexity index is 4940. The van der Waals surface area contributed by atoms with E-state index in [-0.39, 0.29) is 152 Å². The Morgan fingerprint density at radius 1 is 0.515 bits per heavy atom. The summed E-state index contributed by atoms with van der Waals surface area (Å²) in [5.74, 6) is -0.0182. The first-order valence-electron chi connectivity index (χ1n) is 42.9. The van der Waals surface area contributed by atoms with Crippen LogP contribution in [0.3, 0.4) is 0 Å². The summed E-state index contributed by atoms with van der Waals surface area (Å²) in [5, 5.41) is 13.8. The number of aliphatic hydroxyl groups is 1. The van der Waals surface area contributed by atoms with Gasteiger partial charge in [-0.05, 0) is 190 Å². The number of esters is 5. The Morgan fingerprint density at radius 2 is 0.877 bits per heavy atom. The van der Waals surface area contributed by atoms with Crippen LogP contribution < -0.4 is 33.7 Å². The van der Waals surface area contributed by atoms with Gasteiger partial charge >= 0.3 is 42.0 Å². The minimum atomic E-state index is -0.870. The van der Waals surface area contributed by atoms with Crippen molar-refractivity contribution in [3.63, 3.8) is 0 Å². The Kier molecular flexibility index (Phi) is 37.6. The molecule has 4 aliphatic heterocycles. The van der Waals surface area contributed by atoms with Crippen molar-refractivity contribution >= 4 is 151 Å². The quantitative estimate of drug-likeness (QED) is 0.0177. The maximum atomic E-state index is 14.4. The maximum Gasteiger partial charge on any atom is 0.411 e. The zero-order valence-electron chi connectivity index (χ0n) is 75.3. The molecular formula is C91H124B3Cl4N10O22. The van der Waals surface area contributed by atoms with Crippen molar-refractivity contribution < 1.29 is 105 Å². The lowest BCUT2D eigenvalue weighted by Gasteiger charge is -2.34. The van der Waals surface area contributed by atoms with E-state index in [2.05, 4.69) is 57.3 Å². The molecule has 130 heavy (non-hydrogen) atoms. The maximum absolute atomic E-state index is 14.4. The molecule has 9 fully saturated rings. The van der Waals surface area contributed by atoms with Crippen LogP contribution >= 0.6 is 47.2 Å². The largest absolute Gasteiger partial charge is 0.497 e. The van der Waals surface area contributed by atoms with E-state index in [0.717, 1.165) is 84.1 Å². The van der Waals surface area contributed by atoms with Gasteiger partial charge in [-0.1, -0.05) is 76.5 Å². The van der Waals surface area contributed by atoms with Crippen LogP contribution in [0.25, 0.3) is 33.1 Å². The van der Waals surface area contributed by atoms with E-state index >= 15 is 0 Å². The SMILES string of the molecule is C.C.C=CCCC[C@@H]1C[C@H]1OC(=O)C[C@H](C(=O)N1C[C@H](Oc2nc3cc(OC)ccc3nc2Cl)[C@@H](C2CC2)[C@H]1C(=O)OC)C(C)(C)C.COC(=O)[C@@H]1[C@H](C2CC2)[C@@H](O)CN1C(=O)OC(C)(C)C.COC(=O)[C@@H]1[C@H](C2CC2)[C@@H](Oc2nc3cc(OC)ccc3nc2Cl)CN1C(=O)OC(C)(C)C.COC(=O)[C@H]1NC[C@H](Oc2nc3cc(OC)ccc3nc2Cl)[C@H]1C1CC1.Cl.[B][B][B]. The highest BCUT2D eigenvalue weighted by atomic mass is 35.5. The Morgan fingerprint density at radius 3 is 1.25 bits per heavy atom. The van der Waals surface area contributed by atoms with E-state index in [1.54, 1.807) is 122 Å². The summed E-state index contributed by atoms with van der Waals surface area (Å²) in [6.07, 6.45) is 10.2. The van der Waals surface area contributed by atoms with Crippen LogP contribution in [-0.4, -0.2) is 262 Å². The van der Waals surface area contributed by atoms with Gasteiger partial charge in [0.15, 0.2) is 15.5 Å². The number of ether oxygens (including phenoxy) is 13. The molecule has 5 aliphatic carbocycles. The van der Waals surface area contributed by atoms with Crippen LogP contribution in [0.1, 0.15) is 161 Å². The zero-order chi connectivity index (χ0) is 92.4. The first-order valence-corrected chi connectivity index (χ1v) is 44.1. The number of amides is 3. The lowest BCUT2D eigenvalue weighted by Crippen LogP contribution is -2.49. The normalized spacial score (nSPS) is 24.3. The molecule has 0 bridgehead atoms. The third-order valence-corrected chi connectivity index (χ3v) is 24.6. The number of carbonyl (C=O) groups is 8. The number of aliphatic hydroxyl groups excluding tert-OH is 1. The smallest absolute Gasteiger partial charge is 0.411 e. The standard InChI is InChI=1S/C34H44ClN3O7.C23H28ClN3O6.C18H20ClN3O4.C14H23NO5.2CH4.B3.ClH/c1-7-8-9-10-20-15-25(20)44-27(39)17-22(34(2,3)4)32(40)38-18-26(28(19-11-12-19)29(38)33(41)43-6)45-31-30(35)36-23-14-13-21(42-5)16-24(23)37-31;1-23(2,3)33-22(29)27-11-16(17(12-6-7-12)18(27)21(28)31-5)32-20-19(24)25-14-9-8-13(30-4)10-15(14)26-20;1-24-10-5-6-11-12(7-10)22-17(16(19)21-11)26-13-8-20-15(18(23)25-2)14(13)9-3-4-9;1-14(2,3)20-13(18)15-7-9(16)10(8-5-6-8)11(15)12(17)19-4;;;1-3-2;/h7,13-14,16,19-20,22,25-26,28-29H,1,8-12,15,17-18H2,2-6H3;8-10,12,16-18H,6-7,11H2,1-5H3;5-7,9,13-15,20H,3-4,8H2,1-2H3;8-11,16H,5-7H2,1-4H3;2*1H4;;1H/t20-,22-,25-,26+,28-,29+;16-,17+,18-;13-,14+,15-;9-,10+,11-;;;;/m1000..../s1. The fourth-order valence-electron chi connectivity index (χ4n) is 17.2. The molecule has 0 unspecified atom stereocenters. The van der Waals surface area contributed by atoms with E-state index in [9.17, 15) is 43.5 Å². The predicted molar refractivity (Wildman–Crippen MR) is 494 cm³/mol. The third kappa shape index (κ3) is 26.9. The summed E-state index contributed by atoms with van der Waals surface area (Å²) in [4.78, 5) is 134. The fraction of sp³-hybridized carbons (Fsp3) is 0.626. The number of unbranched alkanes of at least 4 members (excludes halogenated alkanes) is 1. The first-order chi connectivity index (χ1) is 60.3. The molecule has 5 radical (unpaired) electrons. The van der Waals surface area contributed by atoms with Gasteiger partial charge in [0.05, 0.1) is 121 Å². The van der Waals surface area contributed by atoms with Gasteiger partial charge in [-0.15, -0.1) is 19.0 Å². The van der Waals surface area contributed by atoms with Gasteiger partial charge in [-0.3, -0.25) is 24.2 Å². The van der Waals surface area contributed by atoms with Crippen molar-refractivity contribution in [3.8, 4) is 34.9 Å². The molecule has 3 amide bonds. The summed E-state index contributed by atoms with van der Waals surface area (Å²) < 4.78 is 71.2. The number of allylic oxidation sites excluding steroid dienone is 1. The second-order valence-corrected chi connectivity index (χ2v) is 37.4. The zero-order valence-corrected chi connectivity index (χ0v) is 78.4. The number of hydrogen-bond donors (Lipinski definition) is 2. The second kappa shape index (κ2) is 46.0. The number of carbonyl (C=O) groups excluding carboxylic acids is 8. The fourth-order valence-corrected chi connectivity index (χ4v) is 17.7. The van der Waals surface area contributed by atoms with Gasteiger partial charge in [-0.2, -0.15) is 0 Å². The molecule has 4 saturated heterocycles. The van der Waals surface area contributed by atoms with Crippen molar-refractivity contribution in [2.75, 3.05) is 75.9 Å². The van der Waals surface area contributed by atoms with Gasteiger partial charge < -0.3 is 76.9 Å². The minimum absolute atomic E-state index is 0. The molecular weight excluding hydrogens is 1760 g/mol. The van der Waals surface area contributed by atoms with E-state index in [4.69, 9.17) is 96.4 Å². The van der Waals surface area contributed by atoms with Crippen molar-refractivity contribution in [3.05, 3.63) is 82.7 Å². The molecule has 6 aromatic rings. The number of aromatic nitrogens is 6. The molecule has 3 aromatic heterocycles. The average Bonchev–Trinajstić information content (AvgIpc) is 1.60. The summed E-state index contributed by atoms with van der Waals surface area (Å²) >= 11 is 19.2. The molecule has 7 heterocycles. The number of nitrogens with zero attached hydrogens (tertiary/aromatic N) is 9. The molecule has 5 saturated carbocycles. The number of hydrogen-bond acceptors (Lipinski definition) is 29. The number of β-amino-alcohol motifs (C(OH)–C–C–N with tert-alkyl or cyclic N) is 1. The molecule has 15 atom stereocenters. The molecule has 0 spiro atoms. The Balaban J connectivity index is 0.000000218. The van der Waals surface area contributed by atoms with Crippen molar-refractivity contribution in [2.45, 2.75) is 227 Å². The van der Waals surface area contributed by atoms with E-state index in [1.165, 1.54) is 38.2 Å². The van der Waals surface area contributed by atoms with Crippen molar-refractivity contribution in [2.24, 2.45) is 64.6 Å². The van der Waals surface area contributed by atoms with Gasteiger partial charge in [0.1, 0.15) is 77.0 Å². The van der Waals surface area contributed by atoms with Crippen LogP contribution in [0, 0.1) is 64.6 Å². The molecule has 39 heteroatoms. The van der Waals surface area contributed by atoms with Gasteiger partial charge in [0.2, 0.25) is 5.91 Å². The van der Waals surface area contributed by atoms with Crippen LogP contribution in [0.4, 0.5) is 9.59 Å². The Labute approximate surface area is 785 Å². The number of nitrogens with one attached hydrogen (secondary N) is 1. The van der Waals surface area contributed by atoms with Crippen LogP contribution in [0.5, 0.6) is 34.9 Å². The number of rotatable bonds is 25. The highest BCUT2D eigenvalue weighted by Crippen LogP contribution is 2.51. The van der Waals surface area contributed by atoms with Gasteiger partial charge in [0, 0.05) is 71.0 Å². The van der Waals surface area contributed by atoms with Gasteiger partial charge in [-0.25, -0.2) is 53.9 Å². The van der Waals surface area contributed by atoms with Crippen LogP contribution in [-0.2, 0) is 61.9 Å². The first kappa shape index (κ1) is 106. The summed E-state index contributed by atoms with van der Waals surface area (Å²) in [6, 6.07) is 13.2. The number of halogens is 4. The summed E-state index contributed by atoms with van der Waals surface area (Å²) in [6.45, 7) is 21.1. The van der Waals surface area contributed by atoms with E-state index < -0.39 is 95.0 Å². The lowest BCUT2D eigenvalue weighted by molar-refractivity contribution is -0.158. The van der Waals surface area contributed by atoms with Crippen LogP contribution in [0.15, 0.2) is 67.3 Å². The van der Waals surface area contributed by atoms with E-state index in [0.29, 0.717) is 74.6 Å². The monoisotopic (exact) mass is 1880 g/mol. The molecule has 9 aliphatic rings. The average molecular weight is 1880 g/mol. The second-order valence-electron chi connectivity index (χ2n) is 36.3. The number of benzene rings is 3. The van der Waals surface area contributed by atoms with Gasteiger partial charge in [0.25, 0.3) is 17.6 Å². The summed E-state index contributed by atoms with van der Waals surface area (Å²) in [7, 11) is 20.1. The van der Waals surface area contributed by atoms with Crippen molar-refractivity contribution in [1.82, 2.24) is 49.9 Å². The summed E-state index contributed by atoms with van der Waals surface area (Å²) in [5.41, 5.74) is 1.65. The van der Waals surface area contributed by atoms with E-state index in [1.807, 2.05) is 26.8 Å². The molecule has 2 N–H and O–H groups in total. The minimum Gasteiger partial charge on any atom is -0.497 e. The highest BCUT2D eigenvalue weighted by Gasteiger charge is 2.60. The lowest BCUT2D eigenvalue weighted by atomic mass is 9.40. The number of methoxy groups -OCH3 is 7. The van der Waals surface area contributed by atoms with Crippen molar-refractivity contribution in [1.29, 1.82) is 0 Å². The van der Waals surface area contributed by atoms with Crippen LogP contribution in [0.2, 0.25) is 15.5 Å². The molecule has 3 aromatic carbocycles. The molecule has 707 valence electrons. The molecule has 32 nitrogen and oxygen atoms in total. The third-order valence-electron chi connectivity index (χ3n) is 23.9. The number of fused-ring (bicyclic) bond motifs is 3. The number of likely N-dealkylation sites (tertiary alicyclic amines) is 3. The highest BCUT2D eigenvalue weighted by molar-refractivity contribution is 7.17. The topological polar surface area (TPSA) is 376 Å².